The lowest BCUT2D eigenvalue weighted by molar-refractivity contribution is 0.148. The van der Waals surface area contributed by atoms with Crippen LogP contribution in [0.2, 0.25) is 0 Å². The third kappa shape index (κ3) is 4.36. The van der Waals surface area contributed by atoms with Crippen LogP contribution in [0.5, 0.6) is 5.75 Å². The Hall–Kier alpha value is 0.150. The first-order valence-electron chi connectivity index (χ1n) is 5.14. The van der Waals surface area contributed by atoms with Crippen molar-refractivity contribution in [3.05, 3.63) is 27.1 Å². The molecule has 2 atom stereocenters. The highest BCUT2D eigenvalue weighted by Crippen LogP contribution is 2.28. The Labute approximate surface area is 134 Å². The van der Waals surface area contributed by atoms with Gasteiger partial charge in [-0.2, -0.15) is 25.3 Å². The van der Waals surface area contributed by atoms with Gasteiger partial charge in [0.1, 0.15) is 5.75 Å². The molecule has 0 aliphatic carbocycles. The molecule has 100 valence electrons. The summed E-state index contributed by atoms with van der Waals surface area (Å²) < 4.78 is 6.98. The first-order valence-corrected chi connectivity index (χ1v) is 7.76. The first kappa shape index (κ1) is 16.2. The van der Waals surface area contributed by atoms with Crippen molar-refractivity contribution in [2.24, 2.45) is 0 Å². The van der Waals surface area contributed by atoms with E-state index in [1.54, 1.807) is 32.0 Å². The van der Waals surface area contributed by atoms with Crippen LogP contribution in [-0.4, -0.2) is 21.7 Å². The zero-order chi connectivity index (χ0) is 13.9. The summed E-state index contributed by atoms with van der Waals surface area (Å²) >= 11 is 15.2. The minimum absolute atomic E-state index is 0.274. The van der Waals surface area contributed by atoms with Crippen LogP contribution in [0.1, 0.15) is 13.8 Å². The van der Waals surface area contributed by atoms with Crippen molar-refractivity contribution < 1.29 is 9.53 Å². The molecule has 2 unspecified atom stereocenters. The van der Waals surface area contributed by atoms with Gasteiger partial charge in [0.15, 0.2) is 0 Å². The highest BCUT2D eigenvalue weighted by Gasteiger charge is 2.23. The third-order valence-electron chi connectivity index (χ3n) is 2.11. The second kappa shape index (κ2) is 7.07. The van der Waals surface area contributed by atoms with E-state index >= 15 is 0 Å². The van der Waals surface area contributed by atoms with Crippen LogP contribution in [0, 0.1) is 0 Å². The predicted molar refractivity (Wildman–Crippen MR) is 86.6 cm³/mol. The molecule has 1 rings (SSSR count). The summed E-state index contributed by atoms with van der Waals surface area (Å²) in [6.07, 6.45) is -0.478. The number of thiol groups is 2. The van der Waals surface area contributed by atoms with E-state index in [0.29, 0.717) is 5.75 Å². The zero-order valence-electron chi connectivity index (χ0n) is 9.80. The predicted octanol–water partition coefficient (Wildman–Crippen LogP) is 4.56. The molecule has 1 aromatic carbocycles. The lowest BCUT2D eigenvalue weighted by Gasteiger charge is -2.28. The van der Waals surface area contributed by atoms with Crippen molar-refractivity contribution >= 4 is 63.2 Å². The van der Waals surface area contributed by atoms with Crippen LogP contribution < -0.4 is 4.74 Å². The zero-order valence-corrected chi connectivity index (χ0v) is 14.8. The average Bonchev–Trinajstić information content (AvgIpc) is 2.22. The maximum absolute atomic E-state index is 12.0. The van der Waals surface area contributed by atoms with Crippen molar-refractivity contribution in [1.29, 1.82) is 0 Å². The number of nitrogens with zero attached hydrogens (tertiary/aromatic N) is 1. The van der Waals surface area contributed by atoms with Gasteiger partial charge in [0.05, 0.1) is 10.7 Å². The first-order chi connectivity index (χ1) is 8.32. The van der Waals surface area contributed by atoms with Crippen molar-refractivity contribution in [1.82, 2.24) is 4.90 Å². The number of rotatable bonds is 3. The molecule has 0 radical (unpaired) electrons. The van der Waals surface area contributed by atoms with Gasteiger partial charge in [-0.3, -0.25) is 4.90 Å². The summed E-state index contributed by atoms with van der Waals surface area (Å²) in [7, 11) is 0. The molecule has 3 nitrogen and oxygen atoms in total. The lowest BCUT2D eigenvalue weighted by atomic mass is 10.3. The lowest BCUT2D eigenvalue weighted by Crippen LogP contribution is -2.41. The van der Waals surface area contributed by atoms with E-state index in [4.69, 9.17) is 4.74 Å². The fraction of sp³-hybridized carbons (Fsp3) is 0.364. The topological polar surface area (TPSA) is 29.5 Å². The van der Waals surface area contributed by atoms with Gasteiger partial charge in [-0.1, -0.05) is 0 Å². The molecule has 0 aromatic heterocycles. The molecule has 0 spiro atoms. The van der Waals surface area contributed by atoms with Crippen LogP contribution in [0.25, 0.3) is 0 Å². The Kier molecular flexibility index (Phi) is 6.37. The van der Waals surface area contributed by atoms with E-state index in [2.05, 4.69) is 57.1 Å². The molecule has 0 aliphatic heterocycles. The molecule has 0 saturated heterocycles. The van der Waals surface area contributed by atoms with E-state index in [0.717, 1.165) is 8.95 Å². The minimum atomic E-state index is -0.478. The molecule has 0 heterocycles. The van der Waals surface area contributed by atoms with Gasteiger partial charge < -0.3 is 4.74 Å². The van der Waals surface area contributed by atoms with E-state index in [-0.39, 0.29) is 10.7 Å². The second-order valence-corrected chi connectivity index (χ2v) is 6.82. The maximum Gasteiger partial charge on any atom is 0.417 e. The van der Waals surface area contributed by atoms with Gasteiger partial charge in [-0.25, -0.2) is 4.79 Å². The third-order valence-corrected chi connectivity index (χ3v) is 4.49. The molecule has 1 aromatic rings. The van der Waals surface area contributed by atoms with Crippen LogP contribution >= 0.6 is 57.1 Å². The molecule has 7 heteroatoms. The van der Waals surface area contributed by atoms with Gasteiger partial charge in [0.25, 0.3) is 0 Å². The van der Waals surface area contributed by atoms with Gasteiger partial charge in [0.2, 0.25) is 0 Å². The number of hydrogen-bond donors (Lipinski definition) is 2. The minimum Gasteiger partial charge on any atom is -0.410 e. The molecule has 1 amide bonds. The van der Waals surface area contributed by atoms with Crippen LogP contribution in [0.15, 0.2) is 27.1 Å². The number of halogens is 2. The molecule has 0 N–H and O–H groups in total. The highest BCUT2D eigenvalue weighted by molar-refractivity contribution is 9.13. The van der Waals surface area contributed by atoms with E-state index < -0.39 is 6.09 Å². The Morgan fingerprint density at radius 2 is 1.78 bits per heavy atom. The molecular formula is C11H13Br2NO2S2. The number of ether oxygens (including phenoxy) is 1. The Morgan fingerprint density at radius 1 is 1.22 bits per heavy atom. The monoisotopic (exact) mass is 413 g/mol. The summed E-state index contributed by atoms with van der Waals surface area (Å²) in [5, 5.41) is -0.548. The standard InChI is InChI=1S/C11H13Br2NO2S2/c1-6(17)14(7(2)18)11(15)16-8-3-4-9(12)10(13)5-8/h3-7,17-18H,1-2H3. The summed E-state index contributed by atoms with van der Waals surface area (Å²) in [6, 6.07) is 5.22. The van der Waals surface area contributed by atoms with Crippen molar-refractivity contribution in [2.45, 2.75) is 24.6 Å². The summed E-state index contributed by atoms with van der Waals surface area (Å²) in [5.74, 6) is 0.461. The number of amides is 1. The average molecular weight is 415 g/mol. The molecule has 0 aliphatic rings. The number of carbonyl (C=O) groups is 1. The van der Waals surface area contributed by atoms with Crippen molar-refractivity contribution in [3.8, 4) is 5.75 Å². The Bertz CT molecular complexity index is 433. The molecule has 0 saturated carbocycles. The number of carbonyl (C=O) groups excluding carboxylic acids is 1. The number of hydrogen-bond acceptors (Lipinski definition) is 4. The van der Waals surface area contributed by atoms with Gasteiger partial charge in [-0.15, -0.1) is 0 Å². The normalized spacial score (nSPS) is 13.9. The highest BCUT2D eigenvalue weighted by atomic mass is 79.9. The summed E-state index contributed by atoms with van der Waals surface area (Å²) in [4.78, 5) is 13.4. The molecular weight excluding hydrogens is 402 g/mol. The van der Waals surface area contributed by atoms with Crippen molar-refractivity contribution in [2.75, 3.05) is 0 Å². The molecule has 18 heavy (non-hydrogen) atoms. The van der Waals surface area contributed by atoms with Crippen LogP contribution in [0.3, 0.4) is 0 Å². The quantitative estimate of drug-likeness (QED) is 0.560. The maximum atomic E-state index is 12.0. The Balaban J connectivity index is 2.82. The van der Waals surface area contributed by atoms with Crippen LogP contribution in [0.4, 0.5) is 4.79 Å². The van der Waals surface area contributed by atoms with E-state index in [9.17, 15) is 4.79 Å². The largest absolute Gasteiger partial charge is 0.417 e. The van der Waals surface area contributed by atoms with Gasteiger partial charge in [-0.05, 0) is 63.9 Å². The van der Waals surface area contributed by atoms with Crippen LogP contribution in [-0.2, 0) is 0 Å². The Morgan fingerprint density at radius 3 is 2.22 bits per heavy atom. The van der Waals surface area contributed by atoms with Crippen molar-refractivity contribution in [3.63, 3.8) is 0 Å². The van der Waals surface area contributed by atoms with E-state index in [1.165, 1.54) is 4.90 Å². The summed E-state index contributed by atoms with van der Waals surface area (Å²) in [5.41, 5.74) is 0. The van der Waals surface area contributed by atoms with E-state index in [1.807, 2.05) is 0 Å². The smallest absolute Gasteiger partial charge is 0.410 e. The molecule has 0 fully saturated rings. The second-order valence-electron chi connectivity index (χ2n) is 3.61. The summed E-state index contributed by atoms with van der Waals surface area (Å²) in [6.45, 7) is 3.57. The molecule has 0 bridgehead atoms. The fourth-order valence-electron chi connectivity index (χ4n) is 1.31. The fourth-order valence-corrected chi connectivity index (χ4v) is 2.61. The SMILES string of the molecule is CC(S)N(C(=O)Oc1ccc(Br)c(Br)c1)C(C)S. The number of benzene rings is 1. The van der Waals surface area contributed by atoms with Gasteiger partial charge >= 0.3 is 6.09 Å². The van der Waals surface area contributed by atoms with Gasteiger partial charge in [0, 0.05) is 8.95 Å².